The van der Waals surface area contributed by atoms with Crippen LogP contribution in [0.15, 0.2) is 67.0 Å². The fourth-order valence-electron chi connectivity index (χ4n) is 2.66. The molecule has 3 rings (SSSR count). The van der Waals surface area contributed by atoms with E-state index in [0.717, 1.165) is 11.1 Å². The van der Waals surface area contributed by atoms with Crippen molar-refractivity contribution >= 4 is 17.8 Å². The number of hydrogen-bond donors (Lipinski definition) is 1. The lowest BCUT2D eigenvalue weighted by Crippen LogP contribution is -2.10. The van der Waals surface area contributed by atoms with Crippen molar-refractivity contribution in [1.29, 1.82) is 0 Å². The number of hydrogen-bond acceptors (Lipinski definition) is 4. The second kappa shape index (κ2) is 8.81. The molecule has 0 saturated carbocycles. The second-order valence-electron chi connectivity index (χ2n) is 6.26. The SMILES string of the molecule is Cc1ccc(C(=O)c2nccn2C/C=C/c2cccc(OCC(=O)O)c2)cc1. The van der Waals surface area contributed by atoms with Gasteiger partial charge in [0, 0.05) is 24.5 Å². The summed E-state index contributed by atoms with van der Waals surface area (Å²) in [5.74, 6) is -0.274. The van der Waals surface area contributed by atoms with Gasteiger partial charge in [0.2, 0.25) is 5.78 Å². The first-order valence-corrected chi connectivity index (χ1v) is 8.76. The molecule has 1 heterocycles. The van der Waals surface area contributed by atoms with E-state index in [4.69, 9.17) is 9.84 Å². The number of imidazole rings is 1. The Morgan fingerprint density at radius 3 is 2.71 bits per heavy atom. The van der Waals surface area contributed by atoms with Crippen LogP contribution >= 0.6 is 0 Å². The fourth-order valence-corrected chi connectivity index (χ4v) is 2.66. The Kier molecular flexibility index (Phi) is 6.01. The van der Waals surface area contributed by atoms with E-state index in [-0.39, 0.29) is 12.4 Å². The highest BCUT2D eigenvalue weighted by Crippen LogP contribution is 2.15. The maximum absolute atomic E-state index is 12.7. The number of carboxylic acid groups (broad SMARTS) is 1. The van der Waals surface area contributed by atoms with Gasteiger partial charge >= 0.3 is 5.97 Å². The summed E-state index contributed by atoms with van der Waals surface area (Å²) in [5.41, 5.74) is 2.57. The minimum Gasteiger partial charge on any atom is -0.482 e. The molecule has 0 aliphatic carbocycles. The lowest BCUT2D eigenvalue weighted by molar-refractivity contribution is -0.139. The number of rotatable bonds is 8. The van der Waals surface area contributed by atoms with Crippen molar-refractivity contribution in [2.75, 3.05) is 6.61 Å². The summed E-state index contributed by atoms with van der Waals surface area (Å²) in [6, 6.07) is 14.5. The summed E-state index contributed by atoms with van der Waals surface area (Å²) in [4.78, 5) is 27.5. The van der Waals surface area contributed by atoms with E-state index in [2.05, 4.69) is 4.98 Å². The molecule has 0 saturated heterocycles. The number of carboxylic acids is 1. The highest BCUT2D eigenvalue weighted by Gasteiger charge is 2.14. The molecule has 0 unspecified atom stereocenters. The number of carbonyl (C=O) groups is 2. The van der Waals surface area contributed by atoms with E-state index in [9.17, 15) is 9.59 Å². The van der Waals surface area contributed by atoms with Crippen molar-refractivity contribution in [3.05, 3.63) is 89.5 Å². The molecule has 1 aromatic heterocycles. The van der Waals surface area contributed by atoms with Gasteiger partial charge in [-0.2, -0.15) is 0 Å². The molecule has 0 bridgehead atoms. The van der Waals surface area contributed by atoms with Crippen LogP contribution in [0.5, 0.6) is 5.75 Å². The first-order chi connectivity index (χ1) is 13.5. The normalized spacial score (nSPS) is 10.9. The molecule has 28 heavy (non-hydrogen) atoms. The standard InChI is InChI=1S/C22H20N2O4/c1-16-7-9-18(10-8-16)21(27)22-23-11-13-24(22)12-3-5-17-4-2-6-19(14-17)28-15-20(25)26/h2-11,13-14H,12,15H2,1H3,(H,25,26)/b5-3+. The van der Waals surface area contributed by atoms with Crippen LogP contribution in [0.4, 0.5) is 0 Å². The van der Waals surface area contributed by atoms with E-state index in [1.165, 1.54) is 0 Å². The Labute approximate surface area is 162 Å². The van der Waals surface area contributed by atoms with E-state index in [1.807, 2.05) is 37.3 Å². The Morgan fingerprint density at radius 2 is 1.96 bits per heavy atom. The molecule has 0 spiro atoms. The van der Waals surface area contributed by atoms with Crippen molar-refractivity contribution in [3.63, 3.8) is 0 Å². The lowest BCUT2D eigenvalue weighted by Gasteiger charge is -2.05. The molecule has 0 fully saturated rings. The largest absolute Gasteiger partial charge is 0.482 e. The third-order valence-electron chi connectivity index (χ3n) is 4.07. The van der Waals surface area contributed by atoms with Crippen LogP contribution in [0.3, 0.4) is 0 Å². The third kappa shape index (κ3) is 4.94. The first kappa shape index (κ1) is 19.1. The van der Waals surface area contributed by atoms with Crippen molar-refractivity contribution in [2.45, 2.75) is 13.5 Å². The predicted octanol–water partition coefficient (Wildman–Crippen LogP) is 3.60. The number of benzene rings is 2. The summed E-state index contributed by atoms with van der Waals surface area (Å²) in [5, 5.41) is 8.68. The average molecular weight is 376 g/mol. The van der Waals surface area contributed by atoms with Crippen LogP contribution in [0.25, 0.3) is 6.08 Å². The van der Waals surface area contributed by atoms with Crippen molar-refractivity contribution in [3.8, 4) is 5.75 Å². The van der Waals surface area contributed by atoms with Gasteiger partial charge in [-0.3, -0.25) is 4.79 Å². The van der Waals surface area contributed by atoms with Gasteiger partial charge in [-0.15, -0.1) is 0 Å². The number of ketones is 1. The summed E-state index contributed by atoms with van der Waals surface area (Å²) in [6.07, 6.45) is 7.16. The number of aromatic nitrogens is 2. The molecule has 0 atom stereocenters. The monoisotopic (exact) mass is 376 g/mol. The number of carbonyl (C=O) groups excluding carboxylic acids is 1. The van der Waals surface area contributed by atoms with E-state index in [1.54, 1.807) is 47.3 Å². The van der Waals surface area contributed by atoms with Crippen molar-refractivity contribution in [1.82, 2.24) is 9.55 Å². The summed E-state index contributed by atoms with van der Waals surface area (Å²) in [7, 11) is 0. The summed E-state index contributed by atoms with van der Waals surface area (Å²) >= 11 is 0. The molecule has 142 valence electrons. The molecule has 3 aromatic rings. The number of aliphatic carboxylic acids is 1. The van der Waals surface area contributed by atoms with Gasteiger partial charge < -0.3 is 14.4 Å². The third-order valence-corrected chi connectivity index (χ3v) is 4.07. The molecule has 0 radical (unpaired) electrons. The maximum Gasteiger partial charge on any atom is 0.341 e. The van der Waals surface area contributed by atoms with Gasteiger partial charge in [-0.05, 0) is 24.6 Å². The topological polar surface area (TPSA) is 81.4 Å². The van der Waals surface area contributed by atoms with Crippen LogP contribution in [0, 0.1) is 6.92 Å². The highest BCUT2D eigenvalue weighted by atomic mass is 16.5. The minimum atomic E-state index is -1.02. The molecule has 2 aromatic carbocycles. The Balaban J connectivity index is 1.68. The average Bonchev–Trinajstić information content (AvgIpc) is 3.15. The second-order valence-corrected chi connectivity index (χ2v) is 6.26. The molecule has 0 aliphatic heterocycles. The van der Waals surface area contributed by atoms with Crippen LogP contribution in [-0.2, 0) is 11.3 Å². The van der Waals surface area contributed by atoms with Crippen LogP contribution < -0.4 is 4.74 Å². The van der Waals surface area contributed by atoms with Gasteiger partial charge in [0.15, 0.2) is 12.4 Å². The summed E-state index contributed by atoms with van der Waals surface area (Å²) in [6.45, 7) is 2.07. The Hall–Kier alpha value is -3.67. The van der Waals surface area contributed by atoms with E-state index < -0.39 is 5.97 Å². The van der Waals surface area contributed by atoms with Gasteiger partial charge in [0.1, 0.15) is 5.75 Å². The predicted molar refractivity (Wildman–Crippen MR) is 105 cm³/mol. The molecular weight excluding hydrogens is 356 g/mol. The van der Waals surface area contributed by atoms with Crippen LogP contribution in [0.2, 0.25) is 0 Å². The molecule has 6 nitrogen and oxygen atoms in total. The molecule has 6 heteroatoms. The van der Waals surface area contributed by atoms with Gasteiger partial charge in [-0.25, -0.2) is 9.78 Å². The zero-order chi connectivity index (χ0) is 19.9. The zero-order valence-corrected chi connectivity index (χ0v) is 15.4. The van der Waals surface area contributed by atoms with Gasteiger partial charge in [0.05, 0.1) is 0 Å². The Bertz CT molecular complexity index is 1000. The van der Waals surface area contributed by atoms with Crippen LogP contribution in [0.1, 0.15) is 27.3 Å². The first-order valence-electron chi connectivity index (χ1n) is 8.76. The number of ether oxygens (including phenoxy) is 1. The van der Waals surface area contributed by atoms with E-state index in [0.29, 0.717) is 23.7 Å². The fraction of sp³-hybridized carbons (Fsp3) is 0.136. The number of allylic oxidation sites excluding steroid dienone is 1. The quantitative estimate of drug-likeness (QED) is 0.608. The highest BCUT2D eigenvalue weighted by molar-refractivity contribution is 6.06. The molecule has 0 amide bonds. The maximum atomic E-state index is 12.7. The van der Waals surface area contributed by atoms with E-state index >= 15 is 0 Å². The smallest absolute Gasteiger partial charge is 0.341 e. The van der Waals surface area contributed by atoms with Crippen molar-refractivity contribution < 1.29 is 19.4 Å². The number of nitrogens with zero attached hydrogens (tertiary/aromatic N) is 2. The molecular formula is C22H20N2O4. The number of aryl methyl sites for hydroxylation is 1. The summed E-state index contributed by atoms with van der Waals surface area (Å²) < 4.78 is 6.96. The minimum absolute atomic E-state index is 0.123. The van der Waals surface area contributed by atoms with Gasteiger partial charge in [-0.1, -0.05) is 54.1 Å². The Morgan fingerprint density at radius 1 is 1.18 bits per heavy atom. The van der Waals surface area contributed by atoms with Gasteiger partial charge in [0.25, 0.3) is 0 Å². The zero-order valence-electron chi connectivity index (χ0n) is 15.4. The van der Waals surface area contributed by atoms with Crippen molar-refractivity contribution in [2.24, 2.45) is 0 Å². The molecule has 0 aliphatic rings. The molecule has 1 N–H and O–H groups in total. The van der Waals surface area contributed by atoms with Crippen LogP contribution in [-0.4, -0.2) is 33.0 Å². The lowest BCUT2D eigenvalue weighted by atomic mass is 10.1.